The van der Waals surface area contributed by atoms with E-state index < -0.39 is 0 Å². The minimum atomic E-state index is -0.187. The molecule has 5 heteroatoms. The van der Waals surface area contributed by atoms with Crippen LogP contribution in [0.5, 0.6) is 0 Å². The quantitative estimate of drug-likeness (QED) is 0.153. The standard InChI is InChI=1S/C26H32N2.C5H8O2.CH3.Sr/c1-4-20(2)26(17-11-6-12-18-26)19-24-25(21-13-7-5-8-14-21)27-22-15-9-10-16-23(22)28(24)3;1-4(6)3-5(2)7;;/h5-8,11-14,17H,4,9-10,15-16,18-19H2,1-3H3;3,6H,1-2H3;1H3;/q;;-1;+2/p-1/b;4-3-;;. The maximum atomic E-state index is 9.98. The monoisotopic (exact) mass is 574 g/mol. The second kappa shape index (κ2) is 15.8. The van der Waals surface area contributed by atoms with Crippen molar-refractivity contribution in [3.05, 3.63) is 96.9 Å². The molecule has 0 radical (unpaired) electrons. The number of fused-ring (bicyclic) bond motifs is 1. The minimum Gasteiger partial charge on any atom is -0.876 e. The van der Waals surface area contributed by atoms with Gasteiger partial charge in [-0.15, -0.1) is 17.3 Å². The van der Waals surface area contributed by atoms with Crippen LogP contribution in [0.4, 0.5) is 0 Å². The molecular weight excluding hydrogens is 532 g/mol. The van der Waals surface area contributed by atoms with Gasteiger partial charge in [0.2, 0.25) is 11.4 Å². The average molecular weight is 574 g/mol. The number of carbonyl (C=O) groups excluding carboxylic acids is 1. The van der Waals surface area contributed by atoms with E-state index in [9.17, 15) is 9.90 Å². The van der Waals surface area contributed by atoms with Crippen LogP contribution in [0.2, 0.25) is 0 Å². The fourth-order valence-corrected chi connectivity index (χ4v) is 5.11. The zero-order chi connectivity index (χ0) is 25.4. The fraction of sp³-hybridized carbons (Fsp3) is 0.406. The van der Waals surface area contributed by atoms with Crippen molar-refractivity contribution in [3.8, 4) is 11.3 Å². The van der Waals surface area contributed by atoms with Crippen molar-refractivity contribution in [1.29, 1.82) is 0 Å². The summed E-state index contributed by atoms with van der Waals surface area (Å²) in [4.78, 5) is 15.2. The third kappa shape index (κ3) is 8.74. The zero-order valence-electron chi connectivity index (χ0n) is 23.6. The summed E-state index contributed by atoms with van der Waals surface area (Å²) in [6.07, 6.45) is 18.2. The molecule has 2 aliphatic rings. The van der Waals surface area contributed by atoms with Crippen LogP contribution in [0.3, 0.4) is 0 Å². The van der Waals surface area contributed by atoms with Gasteiger partial charge in [0.1, 0.15) is 18.4 Å². The molecular formula is C32H42N2O2Sr. The number of allylic oxidation sites excluding steroid dienone is 6. The first-order valence-corrected chi connectivity index (χ1v) is 12.8. The number of aryl methyl sites for hydroxylation is 1. The van der Waals surface area contributed by atoms with Gasteiger partial charge in [0.15, 0.2) is 5.78 Å². The number of nitrogens with zero attached hydrogens (tertiary/aromatic N) is 2. The number of rotatable bonds is 6. The van der Waals surface area contributed by atoms with Crippen molar-refractivity contribution in [3.63, 3.8) is 0 Å². The minimum absolute atomic E-state index is 0. The molecule has 0 aliphatic heterocycles. The fourth-order valence-electron chi connectivity index (χ4n) is 5.11. The Bertz CT molecular complexity index is 1120. The molecule has 194 valence electrons. The molecule has 0 N–H and O–H groups in total. The summed E-state index contributed by atoms with van der Waals surface area (Å²) < 4.78 is 2.49. The third-order valence-corrected chi connectivity index (χ3v) is 7.20. The van der Waals surface area contributed by atoms with Crippen molar-refractivity contribution >= 4 is 51.3 Å². The zero-order valence-corrected chi connectivity index (χ0v) is 27.1. The summed E-state index contributed by atoms with van der Waals surface area (Å²) in [6, 6.07) is 10.8. The van der Waals surface area contributed by atoms with Crippen molar-refractivity contribution in [1.82, 2.24) is 4.98 Å². The molecule has 0 saturated heterocycles. The number of hydrogen-bond donors (Lipinski definition) is 0. The third-order valence-electron chi connectivity index (χ3n) is 7.20. The molecule has 2 aromatic rings. The Kier molecular flexibility index (Phi) is 14.3. The van der Waals surface area contributed by atoms with Gasteiger partial charge < -0.3 is 18.5 Å². The predicted octanol–water partition coefficient (Wildman–Crippen LogP) is 5.41. The van der Waals surface area contributed by atoms with Crippen molar-refractivity contribution in [2.45, 2.75) is 72.6 Å². The van der Waals surface area contributed by atoms with E-state index in [-0.39, 0.29) is 69.9 Å². The summed E-state index contributed by atoms with van der Waals surface area (Å²) in [5.41, 5.74) is 6.63. The second-order valence-electron chi connectivity index (χ2n) is 9.76. The molecule has 4 nitrogen and oxygen atoms in total. The Morgan fingerprint density at radius 3 is 2.38 bits per heavy atom. The Balaban J connectivity index is 0.000000674. The van der Waals surface area contributed by atoms with Gasteiger partial charge in [0.05, 0.1) is 0 Å². The summed E-state index contributed by atoms with van der Waals surface area (Å²) in [5, 5.41) is 9.98. The van der Waals surface area contributed by atoms with E-state index in [4.69, 9.17) is 4.98 Å². The summed E-state index contributed by atoms with van der Waals surface area (Å²) in [7, 11) is 2.27. The molecule has 2 aliphatic carbocycles. The van der Waals surface area contributed by atoms with Gasteiger partial charge >= 0.3 is 45.5 Å². The van der Waals surface area contributed by atoms with E-state index in [1.54, 1.807) is 5.92 Å². The SMILES string of the molecule is CC(=O)/C=C(/C)[O-].CC[C-](C)C1(Cc2c(-c3ccccc3)nc3c([n+]2C)CCCC3)C=CC=CC1.[CH3-].[Sr+2]. The van der Waals surface area contributed by atoms with Crippen LogP contribution in [0.25, 0.3) is 11.3 Å². The number of aromatic nitrogens is 2. The molecule has 0 amide bonds. The van der Waals surface area contributed by atoms with E-state index in [0.29, 0.717) is 0 Å². The maximum Gasteiger partial charge on any atom is 2.00 e. The molecule has 1 unspecified atom stereocenters. The molecule has 0 spiro atoms. The molecule has 0 saturated carbocycles. The number of benzene rings is 1. The Labute approximate surface area is 261 Å². The van der Waals surface area contributed by atoms with Crippen LogP contribution in [-0.2, 0) is 31.1 Å². The smallest absolute Gasteiger partial charge is 0.876 e. The van der Waals surface area contributed by atoms with Gasteiger partial charge in [-0.05, 0) is 32.3 Å². The van der Waals surface area contributed by atoms with Crippen LogP contribution in [0, 0.1) is 18.8 Å². The summed E-state index contributed by atoms with van der Waals surface area (Å²) in [5.74, 6) is 1.19. The maximum absolute atomic E-state index is 9.98. The largest absolute Gasteiger partial charge is 2.00 e. The molecule has 1 aromatic carbocycles. The van der Waals surface area contributed by atoms with Crippen LogP contribution >= 0.6 is 0 Å². The van der Waals surface area contributed by atoms with Gasteiger partial charge in [-0.2, -0.15) is 17.9 Å². The van der Waals surface area contributed by atoms with Crippen LogP contribution in [-0.4, -0.2) is 56.2 Å². The van der Waals surface area contributed by atoms with Crippen LogP contribution < -0.4 is 9.67 Å². The van der Waals surface area contributed by atoms with E-state index in [0.717, 1.165) is 38.2 Å². The second-order valence-corrected chi connectivity index (χ2v) is 9.76. The average Bonchev–Trinajstić information content (AvgIpc) is 2.86. The Morgan fingerprint density at radius 2 is 1.84 bits per heavy atom. The van der Waals surface area contributed by atoms with Gasteiger partial charge in [-0.25, -0.2) is 4.98 Å². The van der Waals surface area contributed by atoms with E-state index in [2.05, 4.69) is 80.1 Å². The van der Waals surface area contributed by atoms with Gasteiger partial charge in [-0.1, -0.05) is 68.8 Å². The van der Waals surface area contributed by atoms with E-state index in [1.807, 2.05) is 0 Å². The number of carbonyl (C=O) groups is 1. The van der Waals surface area contributed by atoms with Gasteiger partial charge in [0, 0.05) is 18.4 Å². The van der Waals surface area contributed by atoms with E-state index >= 15 is 0 Å². The molecule has 4 rings (SSSR count). The summed E-state index contributed by atoms with van der Waals surface area (Å²) in [6.45, 7) is 7.31. The molecule has 0 fully saturated rings. The first-order chi connectivity index (χ1) is 16.8. The summed E-state index contributed by atoms with van der Waals surface area (Å²) >= 11 is 0. The molecule has 0 bridgehead atoms. The Morgan fingerprint density at radius 1 is 1.16 bits per heavy atom. The van der Waals surface area contributed by atoms with Crippen LogP contribution in [0.1, 0.15) is 70.5 Å². The van der Waals surface area contributed by atoms with Crippen LogP contribution in [0.15, 0.2) is 66.5 Å². The van der Waals surface area contributed by atoms with E-state index in [1.165, 1.54) is 55.0 Å². The number of hydrogen-bond acceptors (Lipinski definition) is 3. The van der Waals surface area contributed by atoms with Crippen molar-refractivity contribution in [2.24, 2.45) is 12.5 Å². The first kappa shape index (κ1) is 33.5. The topological polar surface area (TPSA) is 56.9 Å². The van der Waals surface area contributed by atoms with Crippen molar-refractivity contribution < 1.29 is 14.5 Å². The predicted molar refractivity (Wildman–Crippen MR) is 152 cm³/mol. The normalized spacial score (nSPS) is 18.2. The first-order valence-electron chi connectivity index (χ1n) is 12.8. The molecule has 1 aromatic heterocycles. The van der Waals surface area contributed by atoms with Crippen molar-refractivity contribution in [2.75, 3.05) is 0 Å². The molecule has 1 heterocycles. The van der Waals surface area contributed by atoms with Gasteiger partial charge in [0.25, 0.3) is 0 Å². The Hall–Kier alpha value is -1.53. The number of ketones is 1. The molecule has 1 atom stereocenters. The molecule has 37 heavy (non-hydrogen) atoms. The van der Waals surface area contributed by atoms with Gasteiger partial charge in [-0.3, -0.25) is 4.79 Å².